The lowest BCUT2D eigenvalue weighted by Gasteiger charge is -2.23. The molecular weight excluding hydrogens is 621 g/mol. The summed E-state index contributed by atoms with van der Waals surface area (Å²) in [5.41, 5.74) is 13.6. The van der Waals surface area contributed by atoms with Gasteiger partial charge < -0.3 is 4.74 Å². The highest BCUT2D eigenvalue weighted by atomic mass is 16.5. The van der Waals surface area contributed by atoms with Gasteiger partial charge in [0.15, 0.2) is 0 Å². The Balaban J connectivity index is 1.08. The minimum absolute atomic E-state index is 0.0989. The standard InChI is InChI=1S/C49H46O2/c1-30(2)47(50)51-25-9-8-10-31-11-13-32(14-12-31)34-18-22-40-41-23-19-35(29-44(41)49(6,7)43(40)28-34)39-21-17-33-15-16-36-26-38(48(3,4)5)27-37-20-24-42(39)46(33)45(36)37/h11-24,26-29H,1,8-10,25H2,2-7H3. The van der Waals surface area contributed by atoms with Crippen LogP contribution < -0.4 is 0 Å². The maximum atomic E-state index is 11.6. The number of rotatable bonds is 8. The molecule has 0 fully saturated rings. The first kappa shape index (κ1) is 33.0. The molecule has 0 aromatic heterocycles. The van der Waals surface area contributed by atoms with Crippen LogP contribution in [0.15, 0.2) is 121 Å². The number of hydrogen-bond donors (Lipinski definition) is 0. The van der Waals surface area contributed by atoms with E-state index in [2.05, 4.69) is 150 Å². The van der Waals surface area contributed by atoms with Crippen LogP contribution in [-0.4, -0.2) is 12.6 Å². The van der Waals surface area contributed by atoms with Gasteiger partial charge in [0, 0.05) is 11.0 Å². The van der Waals surface area contributed by atoms with Crippen LogP contribution in [0.4, 0.5) is 0 Å². The Morgan fingerprint density at radius 2 is 1.22 bits per heavy atom. The van der Waals surface area contributed by atoms with E-state index in [0.29, 0.717) is 12.2 Å². The van der Waals surface area contributed by atoms with Crippen molar-refractivity contribution in [3.63, 3.8) is 0 Å². The van der Waals surface area contributed by atoms with Crippen molar-refractivity contribution in [1.29, 1.82) is 0 Å². The number of aryl methyl sites for hydroxylation is 1. The predicted octanol–water partition coefficient (Wildman–Crippen LogP) is 13.0. The third kappa shape index (κ3) is 5.72. The SMILES string of the molecule is C=C(C)C(=O)OCCCCc1ccc(-c2ccc3c(c2)C(C)(C)c2cc(-c4ccc5ccc6cc(C(C)(C)C)cc7ccc4c5c67)ccc2-3)cc1. The summed E-state index contributed by atoms with van der Waals surface area (Å²) in [6.07, 6.45) is 2.78. The van der Waals surface area contributed by atoms with E-state index in [9.17, 15) is 4.79 Å². The first-order valence-electron chi connectivity index (χ1n) is 18.3. The number of ether oxygens (including phenoxy) is 1. The maximum absolute atomic E-state index is 11.6. The second-order valence-corrected chi connectivity index (χ2v) is 16.2. The number of carbonyl (C=O) groups excluding carboxylic acids is 1. The van der Waals surface area contributed by atoms with E-state index in [1.165, 1.54) is 88.0 Å². The molecule has 7 aromatic rings. The van der Waals surface area contributed by atoms with Crippen LogP contribution in [0.3, 0.4) is 0 Å². The fourth-order valence-corrected chi connectivity index (χ4v) is 8.17. The zero-order valence-corrected chi connectivity index (χ0v) is 30.7. The summed E-state index contributed by atoms with van der Waals surface area (Å²) >= 11 is 0. The van der Waals surface area contributed by atoms with Crippen molar-refractivity contribution in [3.8, 4) is 33.4 Å². The lowest BCUT2D eigenvalue weighted by molar-refractivity contribution is -0.139. The first-order chi connectivity index (χ1) is 24.4. The van der Waals surface area contributed by atoms with Gasteiger partial charge in [0.2, 0.25) is 0 Å². The molecule has 0 radical (unpaired) electrons. The average molecular weight is 667 g/mol. The van der Waals surface area contributed by atoms with Crippen molar-refractivity contribution in [1.82, 2.24) is 0 Å². The third-order valence-corrected chi connectivity index (χ3v) is 11.2. The molecule has 7 aromatic carbocycles. The van der Waals surface area contributed by atoms with E-state index < -0.39 is 0 Å². The number of esters is 1. The van der Waals surface area contributed by atoms with Crippen molar-refractivity contribution >= 4 is 38.3 Å². The molecule has 0 heterocycles. The highest BCUT2D eigenvalue weighted by Crippen LogP contribution is 2.51. The first-order valence-corrected chi connectivity index (χ1v) is 18.3. The van der Waals surface area contributed by atoms with E-state index in [4.69, 9.17) is 4.74 Å². The van der Waals surface area contributed by atoms with E-state index in [1.54, 1.807) is 6.92 Å². The average Bonchev–Trinajstić information content (AvgIpc) is 3.34. The highest BCUT2D eigenvalue weighted by molar-refractivity contribution is 6.25. The van der Waals surface area contributed by atoms with Gasteiger partial charge in [0.25, 0.3) is 0 Å². The molecule has 2 nitrogen and oxygen atoms in total. The molecule has 0 amide bonds. The maximum Gasteiger partial charge on any atom is 0.333 e. The van der Waals surface area contributed by atoms with Crippen molar-refractivity contribution < 1.29 is 9.53 Å². The van der Waals surface area contributed by atoms with Gasteiger partial charge in [0.1, 0.15) is 0 Å². The molecule has 0 saturated carbocycles. The van der Waals surface area contributed by atoms with Crippen LogP contribution in [-0.2, 0) is 26.8 Å². The van der Waals surface area contributed by atoms with Crippen molar-refractivity contribution in [2.75, 3.05) is 6.61 Å². The monoisotopic (exact) mass is 666 g/mol. The Kier molecular flexibility index (Phi) is 7.91. The number of hydrogen-bond acceptors (Lipinski definition) is 2. The molecule has 0 aliphatic heterocycles. The van der Waals surface area contributed by atoms with E-state index in [1.807, 2.05) is 0 Å². The molecule has 0 saturated heterocycles. The van der Waals surface area contributed by atoms with Crippen molar-refractivity contribution in [2.24, 2.45) is 0 Å². The molecular formula is C49H46O2. The zero-order valence-electron chi connectivity index (χ0n) is 30.7. The smallest absolute Gasteiger partial charge is 0.333 e. The van der Waals surface area contributed by atoms with Crippen LogP contribution >= 0.6 is 0 Å². The normalized spacial score (nSPS) is 13.5. The Morgan fingerprint density at radius 1 is 0.647 bits per heavy atom. The van der Waals surface area contributed by atoms with Gasteiger partial charge in [-0.15, -0.1) is 0 Å². The molecule has 0 spiro atoms. The number of unbranched alkanes of at least 4 members (excludes halogenated alkanes) is 1. The molecule has 0 N–H and O–H groups in total. The third-order valence-electron chi connectivity index (χ3n) is 11.2. The quantitative estimate of drug-likeness (QED) is 0.0698. The van der Waals surface area contributed by atoms with Crippen LogP contribution in [0.5, 0.6) is 0 Å². The summed E-state index contributed by atoms with van der Waals surface area (Å²) in [5, 5.41) is 8.00. The van der Waals surface area contributed by atoms with E-state index >= 15 is 0 Å². The molecule has 51 heavy (non-hydrogen) atoms. The Hall–Kier alpha value is -5.21. The minimum atomic E-state index is -0.307. The van der Waals surface area contributed by atoms with Gasteiger partial charge >= 0.3 is 5.97 Å². The van der Waals surface area contributed by atoms with Crippen LogP contribution in [0, 0.1) is 0 Å². The molecule has 8 rings (SSSR count). The van der Waals surface area contributed by atoms with Gasteiger partial charge in [-0.2, -0.15) is 0 Å². The fourth-order valence-electron chi connectivity index (χ4n) is 8.17. The molecule has 0 bridgehead atoms. The van der Waals surface area contributed by atoms with Crippen LogP contribution in [0.25, 0.3) is 65.7 Å². The molecule has 254 valence electrons. The molecule has 1 aliphatic carbocycles. The summed E-state index contributed by atoms with van der Waals surface area (Å²) in [5.74, 6) is -0.307. The second-order valence-electron chi connectivity index (χ2n) is 16.2. The van der Waals surface area contributed by atoms with Crippen molar-refractivity contribution in [3.05, 3.63) is 144 Å². The Morgan fingerprint density at radius 3 is 1.88 bits per heavy atom. The summed E-state index contributed by atoms with van der Waals surface area (Å²) in [6, 6.07) is 41.7. The highest BCUT2D eigenvalue weighted by Gasteiger charge is 2.36. The number of benzene rings is 7. The minimum Gasteiger partial charge on any atom is -0.462 e. The Bertz CT molecular complexity index is 2470. The molecule has 2 heteroatoms. The van der Waals surface area contributed by atoms with Crippen LogP contribution in [0.1, 0.15) is 76.6 Å². The number of fused-ring (bicyclic) bond motifs is 3. The van der Waals surface area contributed by atoms with Gasteiger partial charge in [-0.05, 0) is 132 Å². The second kappa shape index (κ2) is 12.2. The molecule has 0 unspecified atom stereocenters. The van der Waals surface area contributed by atoms with Gasteiger partial charge in [-0.3, -0.25) is 0 Å². The summed E-state index contributed by atoms with van der Waals surface area (Å²) in [6.45, 7) is 17.4. The van der Waals surface area contributed by atoms with Crippen LogP contribution in [0.2, 0.25) is 0 Å². The summed E-state index contributed by atoms with van der Waals surface area (Å²) in [7, 11) is 0. The summed E-state index contributed by atoms with van der Waals surface area (Å²) < 4.78 is 5.24. The lowest BCUT2D eigenvalue weighted by atomic mass is 9.80. The van der Waals surface area contributed by atoms with Gasteiger partial charge in [0.05, 0.1) is 6.61 Å². The van der Waals surface area contributed by atoms with Gasteiger partial charge in [-0.25, -0.2) is 4.79 Å². The molecule has 1 aliphatic rings. The van der Waals surface area contributed by atoms with E-state index in [0.717, 1.165) is 19.3 Å². The largest absolute Gasteiger partial charge is 0.462 e. The Labute approximate surface area is 302 Å². The number of carbonyl (C=O) groups is 1. The topological polar surface area (TPSA) is 26.3 Å². The summed E-state index contributed by atoms with van der Waals surface area (Å²) in [4.78, 5) is 11.6. The lowest BCUT2D eigenvalue weighted by Crippen LogP contribution is -2.15. The van der Waals surface area contributed by atoms with Crippen molar-refractivity contribution in [2.45, 2.75) is 71.6 Å². The van der Waals surface area contributed by atoms with E-state index in [-0.39, 0.29) is 16.8 Å². The zero-order chi connectivity index (χ0) is 35.7. The molecule has 0 atom stereocenters. The van der Waals surface area contributed by atoms with Gasteiger partial charge in [-0.1, -0.05) is 138 Å². The fraction of sp³-hybridized carbons (Fsp3) is 0.245. The predicted molar refractivity (Wildman–Crippen MR) is 216 cm³/mol.